The lowest BCUT2D eigenvalue weighted by Crippen LogP contribution is -2.23. The number of rotatable bonds is 4. The highest BCUT2D eigenvalue weighted by Gasteiger charge is 2.15. The zero-order valence-corrected chi connectivity index (χ0v) is 15.6. The third-order valence-corrected chi connectivity index (χ3v) is 4.63. The fourth-order valence-corrected chi connectivity index (χ4v) is 2.86. The molecule has 0 radical (unpaired) electrons. The Morgan fingerprint density at radius 1 is 1.32 bits per heavy atom. The Kier molecular flexibility index (Phi) is 4.99. The SMILES string of the molecule is CC[C@@H](C)c1nc2ccc(Br)cc2c(=O)n1N=Cc1ccccc1O. The van der Waals surface area contributed by atoms with Crippen molar-refractivity contribution in [3.05, 3.63) is 68.7 Å². The molecule has 0 bridgehead atoms. The van der Waals surface area contributed by atoms with E-state index in [4.69, 9.17) is 0 Å². The lowest BCUT2D eigenvalue weighted by molar-refractivity contribution is 0.474. The summed E-state index contributed by atoms with van der Waals surface area (Å²) in [4.78, 5) is 17.6. The van der Waals surface area contributed by atoms with E-state index in [-0.39, 0.29) is 17.2 Å². The molecule has 0 amide bonds. The van der Waals surface area contributed by atoms with E-state index in [9.17, 15) is 9.90 Å². The van der Waals surface area contributed by atoms with Gasteiger partial charge in [0.05, 0.1) is 17.1 Å². The number of para-hydroxylation sites is 1. The molecule has 25 heavy (non-hydrogen) atoms. The van der Waals surface area contributed by atoms with Gasteiger partial charge in [0, 0.05) is 16.0 Å². The summed E-state index contributed by atoms with van der Waals surface area (Å²) in [6.07, 6.45) is 2.31. The summed E-state index contributed by atoms with van der Waals surface area (Å²) in [6.45, 7) is 4.05. The van der Waals surface area contributed by atoms with Crippen LogP contribution in [0.25, 0.3) is 10.9 Å². The van der Waals surface area contributed by atoms with Crippen molar-refractivity contribution in [3.63, 3.8) is 0 Å². The van der Waals surface area contributed by atoms with Crippen molar-refractivity contribution in [1.82, 2.24) is 9.66 Å². The topological polar surface area (TPSA) is 67.5 Å². The predicted molar refractivity (Wildman–Crippen MR) is 104 cm³/mol. The minimum Gasteiger partial charge on any atom is -0.507 e. The highest BCUT2D eigenvalue weighted by molar-refractivity contribution is 9.10. The van der Waals surface area contributed by atoms with E-state index >= 15 is 0 Å². The van der Waals surface area contributed by atoms with Crippen LogP contribution >= 0.6 is 15.9 Å². The van der Waals surface area contributed by atoms with Gasteiger partial charge in [0.2, 0.25) is 0 Å². The first kappa shape index (κ1) is 17.4. The second-order valence-corrected chi connectivity index (χ2v) is 6.78. The number of aromatic nitrogens is 2. The van der Waals surface area contributed by atoms with Gasteiger partial charge in [-0.15, -0.1) is 0 Å². The van der Waals surface area contributed by atoms with Gasteiger partial charge < -0.3 is 5.11 Å². The highest BCUT2D eigenvalue weighted by Crippen LogP contribution is 2.21. The third kappa shape index (κ3) is 3.49. The molecule has 1 N–H and O–H groups in total. The molecule has 6 heteroatoms. The second kappa shape index (κ2) is 7.19. The summed E-state index contributed by atoms with van der Waals surface area (Å²) in [5, 5.41) is 14.7. The van der Waals surface area contributed by atoms with E-state index in [2.05, 4.69) is 26.0 Å². The zero-order chi connectivity index (χ0) is 18.0. The average Bonchev–Trinajstić information content (AvgIpc) is 2.62. The minimum atomic E-state index is -0.228. The van der Waals surface area contributed by atoms with Crippen molar-refractivity contribution in [2.45, 2.75) is 26.2 Å². The molecule has 3 aromatic rings. The van der Waals surface area contributed by atoms with Crippen LogP contribution in [0.15, 0.2) is 56.8 Å². The van der Waals surface area contributed by atoms with E-state index in [0.29, 0.717) is 22.3 Å². The standard InChI is InChI=1S/C19H18BrN3O2/c1-3-12(2)18-22-16-9-8-14(20)10-15(16)19(25)23(18)21-11-13-6-4-5-7-17(13)24/h4-12,24H,3H2,1-2H3/t12-/m1/s1. The Hall–Kier alpha value is -2.47. The second-order valence-electron chi connectivity index (χ2n) is 5.86. The maximum Gasteiger partial charge on any atom is 0.282 e. The van der Waals surface area contributed by atoms with Gasteiger partial charge in [0.15, 0.2) is 0 Å². The first-order chi connectivity index (χ1) is 12.0. The number of aromatic hydroxyl groups is 1. The lowest BCUT2D eigenvalue weighted by atomic mass is 10.1. The van der Waals surface area contributed by atoms with Gasteiger partial charge in [-0.05, 0) is 36.8 Å². The number of fused-ring (bicyclic) bond motifs is 1. The molecule has 1 atom stereocenters. The number of phenolic OH excluding ortho intramolecular Hbond substituents is 1. The molecule has 1 heterocycles. The molecule has 0 aliphatic carbocycles. The maximum atomic E-state index is 13.0. The van der Waals surface area contributed by atoms with Gasteiger partial charge in [0.25, 0.3) is 5.56 Å². The monoisotopic (exact) mass is 399 g/mol. The molecule has 1 aromatic heterocycles. The minimum absolute atomic E-state index is 0.0715. The van der Waals surface area contributed by atoms with Crippen LogP contribution in [-0.4, -0.2) is 21.0 Å². The molecule has 3 rings (SSSR count). The molecule has 128 valence electrons. The Bertz CT molecular complexity index is 1010. The van der Waals surface area contributed by atoms with E-state index in [1.165, 1.54) is 10.9 Å². The van der Waals surface area contributed by atoms with Crippen molar-refractivity contribution in [2.75, 3.05) is 0 Å². The first-order valence-corrected chi connectivity index (χ1v) is 8.85. The molecule has 2 aromatic carbocycles. The first-order valence-electron chi connectivity index (χ1n) is 8.05. The van der Waals surface area contributed by atoms with Crippen molar-refractivity contribution >= 4 is 33.0 Å². The zero-order valence-electron chi connectivity index (χ0n) is 14.0. The third-order valence-electron chi connectivity index (χ3n) is 4.14. The molecule has 0 saturated heterocycles. The number of nitrogens with zero attached hydrogens (tertiary/aromatic N) is 3. The molecular weight excluding hydrogens is 382 g/mol. The number of benzene rings is 2. The Balaban J connectivity index is 2.22. The normalized spacial score (nSPS) is 12.8. The number of halogens is 1. The number of phenols is 1. The van der Waals surface area contributed by atoms with Crippen LogP contribution in [0.4, 0.5) is 0 Å². The van der Waals surface area contributed by atoms with Gasteiger partial charge in [0.1, 0.15) is 11.6 Å². The van der Waals surface area contributed by atoms with Crippen LogP contribution in [-0.2, 0) is 0 Å². The van der Waals surface area contributed by atoms with Crippen LogP contribution in [0.5, 0.6) is 5.75 Å². The molecule has 0 fully saturated rings. The van der Waals surface area contributed by atoms with Crippen molar-refractivity contribution in [3.8, 4) is 5.75 Å². The Labute approximate surface area is 153 Å². The largest absolute Gasteiger partial charge is 0.507 e. The number of hydrogen-bond acceptors (Lipinski definition) is 4. The van der Waals surface area contributed by atoms with Crippen molar-refractivity contribution < 1.29 is 5.11 Å². The average molecular weight is 400 g/mol. The molecule has 0 unspecified atom stereocenters. The van der Waals surface area contributed by atoms with Gasteiger partial charge in [-0.2, -0.15) is 9.78 Å². The molecular formula is C19H18BrN3O2. The van der Waals surface area contributed by atoms with Crippen LogP contribution in [0.3, 0.4) is 0 Å². The molecule has 0 saturated carbocycles. The van der Waals surface area contributed by atoms with Crippen molar-refractivity contribution in [1.29, 1.82) is 0 Å². The molecule has 0 aliphatic heterocycles. The summed E-state index contributed by atoms with van der Waals surface area (Å²) in [5.41, 5.74) is 0.963. The fraction of sp³-hybridized carbons (Fsp3) is 0.211. The van der Waals surface area contributed by atoms with Crippen LogP contribution in [0.1, 0.15) is 37.6 Å². The van der Waals surface area contributed by atoms with Crippen LogP contribution in [0, 0.1) is 0 Å². The Morgan fingerprint density at radius 3 is 2.80 bits per heavy atom. The Morgan fingerprint density at radius 2 is 2.08 bits per heavy atom. The van der Waals surface area contributed by atoms with E-state index in [0.717, 1.165) is 10.9 Å². The molecule has 0 spiro atoms. The smallest absolute Gasteiger partial charge is 0.282 e. The molecule has 0 aliphatic rings. The van der Waals surface area contributed by atoms with E-state index in [1.807, 2.05) is 26.0 Å². The summed E-state index contributed by atoms with van der Waals surface area (Å²) < 4.78 is 2.14. The van der Waals surface area contributed by atoms with E-state index < -0.39 is 0 Å². The van der Waals surface area contributed by atoms with Gasteiger partial charge in [-0.25, -0.2) is 4.98 Å². The van der Waals surface area contributed by atoms with Crippen molar-refractivity contribution in [2.24, 2.45) is 5.10 Å². The van der Waals surface area contributed by atoms with Crippen LogP contribution in [0.2, 0.25) is 0 Å². The van der Waals surface area contributed by atoms with Gasteiger partial charge >= 0.3 is 0 Å². The lowest BCUT2D eigenvalue weighted by Gasteiger charge is -2.14. The summed E-state index contributed by atoms with van der Waals surface area (Å²) >= 11 is 3.39. The number of hydrogen-bond donors (Lipinski definition) is 1. The highest BCUT2D eigenvalue weighted by atomic mass is 79.9. The maximum absolute atomic E-state index is 13.0. The fourth-order valence-electron chi connectivity index (χ4n) is 2.50. The van der Waals surface area contributed by atoms with Gasteiger partial charge in [-0.1, -0.05) is 41.9 Å². The summed E-state index contributed by atoms with van der Waals surface area (Å²) in [7, 11) is 0. The summed E-state index contributed by atoms with van der Waals surface area (Å²) in [6, 6.07) is 12.3. The quantitative estimate of drug-likeness (QED) is 0.666. The van der Waals surface area contributed by atoms with Gasteiger partial charge in [-0.3, -0.25) is 4.79 Å². The molecule has 5 nitrogen and oxygen atoms in total. The summed E-state index contributed by atoms with van der Waals surface area (Å²) in [5.74, 6) is 0.789. The predicted octanol–water partition coefficient (Wildman–Crippen LogP) is 4.26. The van der Waals surface area contributed by atoms with Crippen LogP contribution < -0.4 is 5.56 Å². The van der Waals surface area contributed by atoms with E-state index in [1.54, 1.807) is 30.3 Å².